The maximum atomic E-state index is 9.99. The Bertz CT molecular complexity index is 152. The van der Waals surface area contributed by atoms with Crippen molar-refractivity contribution in [1.82, 2.24) is 0 Å². The summed E-state index contributed by atoms with van der Waals surface area (Å²) in [7, 11) is 0. The van der Waals surface area contributed by atoms with Crippen molar-refractivity contribution in [2.75, 3.05) is 0 Å². The van der Waals surface area contributed by atoms with E-state index in [0.29, 0.717) is 0 Å². The summed E-state index contributed by atoms with van der Waals surface area (Å²) in [5, 5.41) is 16.3. The molecular formula is C5H15NO6Sr. The molecule has 0 unspecified atom stereocenters. The van der Waals surface area contributed by atoms with Gasteiger partial charge in [-0.3, -0.25) is 9.59 Å². The van der Waals surface area contributed by atoms with Crippen LogP contribution in [0.5, 0.6) is 0 Å². The van der Waals surface area contributed by atoms with Crippen LogP contribution in [0.15, 0.2) is 0 Å². The molecule has 8 heteroatoms. The molecule has 0 saturated carbocycles. The minimum absolute atomic E-state index is 0. The fraction of sp³-hybridized carbons (Fsp3) is 0.600. The number of hydrogen-bond donors (Lipinski definition) is 3. The maximum absolute atomic E-state index is 9.99. The molecule has 0 rings (SSSR count). The van der Waals surface area contributed by atoms with Gasteiger partial charge in [-0.15, -0.1) is 0 Å². The van der Waals surface area contributed by atoms with E-state index < -0.39 is 18.0 Å². The van der Waals surface area contributed by atoms with Gasteiger partial charge in [0.1, 0.15) is 6.04 Å². The Balaban J connectivity index is -0.000000135. The van der Waals surface area contributed by atoms with Crippen LogP contribution in [-0.2, 0) is 9.59 Å². The van der Waals surface area contributed by atoms with Crippen LogP contribution in [0.3, 0.4) is 0 Å². The van der Waals surface area contributed by atoms with Crippen molar-refractivity contribution >= 4 is 57.4 Å². The summed E-state index contributed by atoms with van der Waals surface area (Å²) in [5.41, 5.74) is 5.00. The average molecular weight is 273 g/mol. The van der Waals surface area contributed by atoms with Crippen LogP contribution < -0.4 is 5.73 Å². The molecule has 8 N–H and O–H groups in total. The summed E-state index contributed by atoms with van der Waals surface area (Å²) >= 11 is 0. The van der Waals surface area contributed by atoms with Crippen LogP contribution in [0.25, 0.3) is 0 Å². The van der Waals surface area contributed by atoms with E-state index in [9.17, 15) is 9.59 Å². The second-order valence-electron chi connectivity index (χ2n) is 1.88. The van der Waals surface area contributed by atoms with Gasteiger partial charge in [0.05, 0.1) is 0 Å². The number of nitrogens with two attached hydrogens (primary N) is 1. The number of carboxylic acid groups (broad SMARTS) is 2. The van der Waals surface area contributed by atoms with Crippen molar-refractivity contribution in [3.05, 3.63) is 0 Å². The molecule has 0 saturated heterocycles. The molecule has 0 spiro atoms. The van der Waals surface area contributed by atoms with Crippen LogP contribution >= 0.6 is 0 Å². The van der Waals surface area contributed by atoms with E-state index >= 15 is 0 Å². The molecule has 0 radical (unpaired) electrons. The molecule has 0 bridgehead atoms. The fourth-order valence-corrected chi connectivity index (χ4v) is 0.402. The first-order chi connectivity index (χ1) is 4.54. The van der Waals surface area contributed by atoms with Crippen LogP contribution in [0, 0.1) is 0 Å². The standard InChI is InChI=1S/C5H9NO4.2H2O.Sr.2H/c6-3(5(9)10)1-2-4(7)8;;;;;/h3H,1-2,6H2,(H,7,8)(H,9,10);2*1H2;;;/t3-;;;;;/m1...../s1. The molecule has 0 aromatic carbocycles. The Hall–Kier alpha value is 0.301. The first-order valence-corrected chi connectivity index (χ1v) is 2.74. The van der Waals surface area contributed by atoms with Gasteiger partial charge in [0.25, 0.3) is 0 Å². The van der Waals surface area contributed by atoms with Crippen molar-refractivity contribution in [1.29, 1.82) is 0 Å². The zero-order valence-electron chi connectivity index (χ0n) is 6.28. The Kier molecular flexibility index (Phi) is 22.0. The Morgan fingerprint density at radius 2 is 1.62 bits per heavy atom. The summed E-state index contributed by atoms with van der Waals surface area (Å²) in [5.74, 6) is -2.20. The number of hydrogen-bond acceptors (Lipinski definition) is 3. The molecule has 1 atom stereocenters. The third kappa shape index (κ3) is 15.1. The summed E-state index contributed by atoms with van der Waals surface area (Å²) in [6, 6.07) is -1.06. The molecule has 13 heavy (non-hydrogen) atoms. The average Bonchev–Trinajstić information content (AvgIpc) is 1.82. The fourth-order valence-electron chi connectivity index (χ4n) is 0.402. The number of carbonyl (C=O) groups is 2. The van der Waals surface area contributed by atoms with Crippen molar-refractivity contribution in [3.63, 3.8) is 0 Å². The first-order valence-electron chi connectivity index (χ1n) is 2.74. The van der Waals surface area contributed by atoms with Crippen molar-refractivity contribution in [3.8, 4) is 0 Å². The predicted octanol–water partition coefficient (Wildman–Crippen LogP) is -3.30. The van der Waals surface area contributed by atoms with Gasteiger partial charge in [-0.25, -0.2) is 0 Å². The number of carboxylic acids is 2. The third-order valence-corrected chi connectivity index (χ3v) is 0.986. The van der Waals surface area contributed by atoms with E-state index in [0.717, 1.165) is 0 Å². The summed E-state index contributed by atoms with van der Waals surface area (Å²) < 4.78 is 0. The first kappa shape index (κ1) is 23.3. The van der Waals surface area contributed by atoms with Gasteiger partial charge < -0.3 is 26.9 Å². The van der Waals surface area contributed by atoms with Crippen LogP contribution in [-0.4, -0.2) is 84.6 Å². The third-order valence-electron chi connectivity index (χ3n) is 0.986. The van der Waals surface area contributed by atoms with Crippen LogP contribution in [0.4, 0.5) is 0 Å². The number of aliphatic carboxylic acids is 2. The molecule has 0 aromatic rings. The summed E-state index contributed by atoms with van der Waals surface area (Å²) in [4.78, 5) is 19.9. The van der Waals surface area contributed by atoms with Crippen LogP contribution in [0.1, 0.15) is 12.8 Å². The van der Waals surface area contributed by atoms with E-state index in [1.807, 2.05) is 0 Å². The van der Waals surface area contributed by atoms with Gasteiger partial charge in [0, 0.05) is 6.42 Å². The van der Waals surface area contributed by atoms with E-state index in [1.54, 1.807) is 0 Å². The predicted molar refractivity (Wildman–Crippen MR) is 48.3 cm³/mol. The van der Waals surface area contributed by atoms with E-state index in [2.05, 4.69) is 0 Å². The molecule has 0 heterocycles. The quantitative estimate of drug-likeness (QED) is 0.456. The Labute approximate surface area is 112 Å². The molecule has 0 amide bonds. The monoisotopic (exact) mass is 273 g/mol. The molecule has 78 valence electrons. The van der Waals surface area contributed by atoms with Gasteiger partial charge in [-0.1, -0.05) is 0 Å². The van der Waals surface area contributed by atoms with E-state index in [-0.39, 0.29) is 69.3 Å². The zero-order valence-corrected chi connectivity index (χ0v) is 6.28. The summed E-state index contributed by atoms with van der Waals surface area (Å²) in [6.07, 6.45) is -0.224. The van der Waals surface area contributed by atoms with Gasteiger partial charge in [0.2, 0.25) is 0 Å². The molecular weight excluding hydrogens is 258 g/mol. The summed E-state index contributed by atoms with van der Waals surface area (Å²) in [6.45, 7) is 0. The second-order valence-corrected chi connectivity index (χ2v) is 1.88. The van der Waals surface area contributed by atoms with Gasteiger partial charge in [-0.2, -0.15) is 0 Å². The van der Waals surface area contributed by atoms with Crippen LogP contribution in [0.2, 0.25) is 0 Å². The molecule has 7 nitrogen and oxygen atoms in total. The molecule has 0 fully saturated rings. The Morgan fingerprint density at radius 1 is 1.23 bits per heavy atom. The normalized spacial score (nSPS) is 9.62. The van der Waals surface area contributed by atoms with E-state index in [1.165, 1.54) is 0 Å². The van der Waals surface area contributed by atoms with E-state index in [4.69, 9.17) is 15.9 Å². The topological polar surface area (TPSA) is 164 Å². The number of rotatable bonds is 4. The SMILES string of the molecule is N[C@H](CCC(=O)O)C(=O)O.O.O.[SrH2]. The molecule has 0 aliphatic rings. The van der Waals surface area contributed by atoms with Gasteiger partial charge in [-0.05, 0) is 6.42 Å². The van der Waals surface area contributed by atoms with Crippen molar-refractivity contribution < 1.29 is 30.8 Å². The van der Waals surface area contributed by atoms with Gasteiger partial charge >= 0.3 is 57.4 Å². The molecule has 0 aliphatic carbocycles. The van der Waals surface area contributed by atoms with Gasteiger partial charge in [0.15, 0.2) is 0 Å². The Morgan fingerprint density at radius 3 is 1.85 bits per heavy atom. The molecule has 0 aliphatic heterocycles. The minimum atomic E-state index is -1.17. The zero-order chi connectivity index (χ0) is 8.15. The van der Waals surface area contributed by atoms with Crippen molar-refractivity contribution in [2.45, 2.75) is 18.9 Å². The second kappa shape index (κ2) is 12.3. The molecule has 0 aromatic heterocycles. The van der Waals surface area contributed by atoms with Crippen molar-refractivity contribution in [2.24, 2.45) is 5.73 Å².